The fourth-order valence-electron chi connectivity index (χ4n) is 2.10. The van der Waals surface area contributed by atoms with Crippen LogP contribution in [0.25, 0.3) is 6.08 Å². The normalized spacial score (nSPS) is 19.1. The fourth-order valence-corrected chi connectivity index (χ4v) is 2.10. The van der Waals surface area contributed by atoms with Crippen LogP contribution in [0.5, 0.6) is 0 Å². The summed E-state index contributed by atoms with van der Waals surface area (Å²) in [6.07, 6.45) is 10.8. The van der Waals surface area contributed by atoms with Crippen molar-refractivity contribution in [3.63, 3.8) is 0 Å². The molecule has 2 amide bonds. The molecular weight excluding hydrogens is 250 g/mol. The molecule has 0 saturated carbocycles. The van der Waals surface area contributed by atoms with Gasteiger partial charge in [0.25, 0.3) is 11.8 Å². The summed E-state index contributed by atoms with van der Waals surface area (Å²) in [7, 11) is 0. The Hall–Kier alpha value is -2.42. The molecule has 3 heteroatoms. The first kappa shape index (κ1) is 14.0. The van der Waals surface area contributed by atoms with Crippen molar-refractivity contribution in [3.05, 3.63) is 66.3 Å². The van der Waals surface area contributed by atoms with Gasteiger partial charge in [-0.05, 0) is 31.1 Å². The van der Waals surface area contributed by atoms with E-state index in [0.29, 0.717) is 6.42 Å². The summed E-state index contributed by atoms with van der Waals surface area (Å²) in [5.74, 6) is -0.536. The Kier molecular flexibility index (Phi) is 4.66. The number of allylic oxidation sites excluding steroid dienone is 1. The molecule has 102 valence electrons. The van der Waals surface area contributed by atoms with E-state index < -0.39 is 0 Å². The Labute approximate surface area is 118 Å². The Morgan fingerprint density at radius 3 is 2.75 bits per heavy atom. The molecule has 0 fully saturated rings. The van der Waals surface area contributed by atoms with Gasteiger partial charge in [-0.1, -0.05) is 54.6 Å². The van der Waals surface area contributed by atoms with Crippen molar-refractivity contribution in [3.8, 4) is 0 Å². The van der Waals surface area contributed by atoms with Crippen molar-refractivity contribution in [2.24, 2.45) is 0 Å². The van der Waals surface area contributed by atoms with Crippen LogP contribution in [0, 0.1) is 0 Å². The molecule has 1 aliphatic rings. The lowest BCUT2D eigenvalue weighted by Gasteiger charge is -2.28. The van der Waals surface area contributed by atoms with E-state index in [0.717, 1.165) is 5.56 Å². The maximum absolute atomic E-state index is 12.0. The number of hydrogen-bond acceptors (Lipinski definition) is 2. The molecule has 0 aliphatic carbocycles. The van der Waals surface area contributed by atoms with Crippen molar-refractivity contribution < 1.29 is 9.59 Å². The van der Waals surface area contributed by atoms with Crippen LogP contribution < -0.4 is 0 Å². The molecule has 0 bridgehead atoms. The largest absolute Gasteiger partial charge is 0.269 e. The van der Waals surface area contributed by atoms with E-state index in [9.17, 15) is 9.59 Å². The zero-order chi connectivity index (χ0) is 14.4. The summed E-state index contributed by atoms with van der Waals surface area (Å²) < 4.78 is 0. The molecule has 3 nitrogen and oxygen atoms in total. The van der Waals surface area contributed by atoms with Crippen LogP contribution in [-0.2, 0) is 9.59 Å². The third-order valence-electron chi connectivity index (χ3n) is 3.06. The molecule has 0 radical (unpaired) electrons. The van der Waals surface area contributed by atoms with Gasteiger partial charge in [-0.25, -0.2) is 0 Å². The summed E-state index contributed by atoms with van der Waals surface area (Å²) in [4.78, 5) is 25.2. The molecule has 0 spiro atoms. The molecule has 0 aromatic heterocycles. The SMILES string of the molecule is C/C=C/C(=O)N1C(=O)C=CCC1/C=C/c1ccccc1. The molecule has 1 atom stereocenters. The van der Waals surface area contributed by atoms with Crippen molar-refractivity contribution in [1.82, 2.24) is 4.90 Å². The molecule has 1 aliphatic heterocycles. The predicted octanol–water partition coefficient (Wildman–Crippen LogP) is 2.96. The summed E-state index contributed by atoms with van der Waals surface area (Å²) in [5, 5.41) is 0. The zero-order valence-corrected chi connectivity index (χ0v) is 11.4. The topological polar surface area (TPSA) is 37.4 Å². The van der Waals surface area contributed by atoms with E-state index in [1.807, 2.05) is 48.6 Å². The standard InChI is InChI=1S/C17H17NO2/c1-2-7-16(19)18-15(10-6-11-17(18)20)13-12-14-8-4-3-5-9-14/h2-9,11-13,15H,10H2,1H3/b7-2+,13-12+. The Morgan fingerprint density at radius 1 is 1.30 bits per heavy atom. The summed E-state index contributed by atoms with van der Waals surface area (Å²) in [6, 6.07) is 9.59. The first-order chi connectivity index (χ1) is 9.72. The third kappa shape index (κ3) is 3.32. The quantitative estimate of drug-likeness (QED) is 0.790. The van der Waals surface area contributed by atoms with E-state index in [2.05, 4.69) is 0 Å². The van der Waals surface area contributed by atoms with Gasteiger partial charge < -0.3 is 0 Å². The van der Waals surface area contributed by atoms with Crippen molar-refractivity contribution in [1.29, 1.82) is 0 Å². The van der Waals surface area contributed by atoms with Crippen molar-refractivity contribution in [2.45, 2.75) is 19.4 Å². The molecule has 1 unspecified atom stereocenters. The highest BCUT2D eigenvalue weighted by atomic mass is 16.2. The smallest absolute Gasteiger partial charge is 0.253 e. The molecule has 1 heterocycles. The molecule has 1 aromatic carbocycles. The van der Waals surface area contributed by atoms with Crippen LogP contribution in [0.15, 0.2) is 60.7 Å². The number of imide groups is 1. The van der Waals surface area contributed by atoms with Crippen LogP contribution in [-0.4, -0.2) is 22.8 Å². The summed E-state index contributed by atoms with van der Waals surface area (Å²) in [5.41, 5.74) is 1.05. The number of carbonyl (C=O) groups excluding carboxylic acids is 2. The summed E-state index contributed by atoms with van der Waals surface area (Å²) >= 11 is 0. The van der Waals surface area contributed by atoms with E-state index >= 15 is 0 Å². The lowest BCUT2D eigenvalue weighted by Crippen LogP contribution is -2.43. The number of benzene rings is 1. The molecule has 0 N–H and O–H groups in total. The lowest BCUT2D eigenvalue weighted by atomic mass is 10.1. The number of amides is 2. The molecular formula is C17H17NO2. The first-order valence-corrected chi connectivity index (χ1v) is 6.62. The predicted molar refractivity (Wildman–Crippen MR) is 79.7 cm³/mol. The van der Waals surface area contributed by atoms with Gasteiger partial charge in [0.1, 0.15) is 0 Å². The minimum atomic E-state index is -0.274. The highest BCUT2D eigenvalue weighted by Gasteiger charge is 2.27. The van der Waals surface area contributed by atoms with Gasteiger partial charge in [-0.3, -0.25) is 14.5 Å². The van der Waals surface area contributed by atoms with Gasteiger partial charge in [0, 0.05) is 0 Å². The molecule has 1 aromatic rings. The monoisotopic (exact) mass is 267 g/mol. The van der Waals surface area contributed by atoms with Gasteiger partial charge >= 0.3 is 0 Å². The maximum Gasteiger partial charge on any atom is 0.253 e. The van der Waals surface area contributed by atoms with Crippen LogP contribution in [0.4, 0.5) is 0 Å². The average molecular weight is 267 g/mol. The van der Waals surface area contributed by atoms with E-state index in [-0.39, 0.29) is 17.9 Å². The first-order valence-electron chi connectivity index (χ1n) is 6.62. The Balaban J connectivity index is 2.20. The highest BCUT2D eigenvalue weighted by molar-refractivity contribution is 6.06. The van der Waals surface area contributed by atoms with E-state index in [1.165, 1.54) is 17.1 Å². The van der Waals surface area contributed by atoms with Crippen molar-refractivity contribution in [2.75, 3.05) is 0 Å². The third-order valence-corrected chi connectivity index (χ3v) is 3.06. The van der Waals surface area contributed by atoms with Crippen molar-refractivity contribution >= 4 is 17.9 Å². The number of rotatable bonds is 3. The van der Waals surface area contributed by atoms with Crippen LogP contribution in [0.2, 0.25) is 0 Å². The van der Waals surface area contributed by atoms with Gasteiger partial charge in [0.2, 0.25) is 0 Å². The number of carbonyl (C=O) groups is 2. The van der Waals surface area contributed by atoms with Crippen LogP contribution >= 0.6 is 0 Å². The van der Waals surface area contributed by atoms with Crippen LogP contribution in [0.1, 0.15) is 18.9 Å². The summed E-state index contributed by atoms with van der Waals surface area (Å²) in [6.45, 7) is 1.76. The molecule has 2 rings (SSSR count). The lowest BCUT2D eigenvalue weighted by molar-refractivity contribution is -0.140. The van der Waals surface area contributed by atoms with E-state index in [4.69, 9.17) is 0 Å². The van der Waals surface area contributed by atoms with Gasteiger partial charge in [-0.15, -0.1) is 0 Å². The zero-order valence-electron chi connectivity index (χ0n) is 11.4. The van der Waals surface area contributed by atoms with Gasteiger partial charge in [-0.2, -0.15) is 0 Å². The Bertz CT molecular complexity index is 570. The van der Waals surface area contributed by atoms with E-state index in [1.54, 1.807) is 13.0 Å². The molecule has 0 saturated heterocycles. The molecule has 20 heavy (non-hydrogen) atoms. The second-order valence-corrected chi connectivity index (χ2v) is 4.52. The fraction of sp³-hybridized carbons (Fsp3) is 0.176. The highest BCUT2D eigenvalue weighted by Crippen LogP contribution is 2.16. The minimum absolute atomic E-state index is 0.226. The average Bonchev–Trinajstić information content (AvgIpc) is 2.46. The van der Waals surface area contributed by atoms with Gasteiger partial charge in [0.05, 0.1) is 6.04 Å². The number of hydrogen-bond donors (Lipinski definition) is 0. The maximum atomic E-state index is 12.0. The Morgan fingerprint density at radius 2 is 2.05 bits per heavy atom. The van der Waals surface area contributed by atoms with Gasteiger partial charge in [0.15, 0.2) is 0 Å². The second-order valence-electron chi connectivity index (χ2n) is 4.52. The minimum Gasteiger partial charge on any atom is -0.269 e. The second kappa shape index (κ2) is 6.66. The number of nitrogens with zero attached hydrogens (tertiary/aromatic N) is 1. The van der Waals surface area contributed by atoms with Crippen LogP contribution in [0.3, 0.4) is 0 Å².